The molecule has 2 aromatic carbocycles. The Morgan fingerprint density at radius 1 is 1.00 bits per heavy atom. The summed E-state index contributed by atoms with van der Waals surface area (Å²) in [5, 5.41) is -0.407. The number of halogens is 3. The van der Waals surface area contributed by atoms with Crippen molar-refractivity contribution in [1.29, 1.82) is 0 Å². The van der Waals surface area contributed by atoms with Gasteiger partial charge in [0.1, 0.15) is 16.7 Å². The predicted octanol–water partition coefficient (Wildman–Crippen LogP) is 6.96. The second kappa shape index (κ2) is 7.75. The van der Waals surface area contributed by atoms with E-state index in [-0.39, 0.29) is 5.92 Å². The van der Waals surface area contributed by atoms with E-state index in [1.54, 1.807) is 5.56 Å². The van der Waals surface area contributed by atoms with Crippen LogP contribution in [0.5, 0.6) is 0 Å². The van der Waals surface area contributed by atoms with Crippen molar-refractivity contribution in [3.8, 4) is 0 Å². The molecule has 142 valence electrons. The van der Waals surface area contributed by atoms with Crippen LogP contribution in [-0.4, -0.2) is 0 Å². The topological polar surface area (TPSA) is 0 Å². The van der Waals surface area contributed by atoms with Crippen molar-refractivity contribution in [2.45, 2.75) is 57.3 Å². The second-order valence-corrected chi connectivity index (χ2v) is 8.43. The molecular formula is C24H25ClF2. The summed E-state index contributed by atoms with van der Waals surface area (Å²) in [5.74, 6) is -0.396. The van der Waals surface area contributed by atoms with Gasteiger partial charge in [-0.15, -0.1) is 6.58 Å². The van der Waals surface area contributed by atoms with E-state index in [0.29, 0.717) is 0 Å². The third kappa shape index (κ3) is 3.69. The van der Waals surface area contributed by atoms with Crippen LogP contribution in [0.15, 0.2) is 36.9 Å². The van der Waals surface area contributed by atoms with Gasteiger partial charge < -0.3 is 0 Å². The molecule has 2 atom stereocenters. The first-order valence-electron chi connectivity index (χ1n) is 9.94. The summed E-state index contributed by atoms with van der Waals surface area (Å²) in [4.78, 5) is 0. The highest BCUT2D eigenvalue weighted by Gasteiger charge is 2.27. The minimum Gasteiger partial charge on any atom is -0.205 e. The fourth-order valence-corrected chi connectivity index (χ4v) is 5.05. The molecule has 2 aromatic rings. The zero-order valence-electron chi connectivity index (χ0n) is 15.5. The van der Waals surface area contributed by atoms with Gasteiger partial charge in [-0.25, -0.2) is 8.78 Å². The molecular weight excluding hydrogens is 362 g/mol. The van der Waals surface area contributed by atoms with Gasteiger partial charge in [0.2, 0.25) is 0 Å². The van der Waals surface area contributed by atoms with Gasteiger partial charge >= 0.3 is 0 Å². The lowest BCUT2D eigenvalue weighted by Gasteiger charge is -2.32. The molecule has 0 saturated carbocycles. The summed E-state index contributed by atoms with van der Waals surface area (Å²) in [6.45, 7) is 3.84. The van der Waals surface area contributed by atoms with E-state index in [0.717, 1.165) is 43.6 Å². The third-order valence-corrected chi connectivity index (χ3v) is 6.76. The molecule has 0 heterocycles. The lowest BCUT2D eigenvalue weighted by molar-refractivity contribution is 0.427. The van der Waals surface area contributed by atoms with E-state index in [1.165, 1.54) is 48.1 Å². The standard InChI is InChI=1S/C24H25ClF2/c1-2-3-4-15-5-9-20-17(11-15)6-7-18-12-16(8-10-21(18)20)19-13-22(26)24(25)23(27)14-19/h2,6-7,13-16H,1,3-5,8-12H2/t15-,16-/m0/s1. The first kappa shape index (κ1) is 18.7. The fourth-order valence-electron chi connectivity index (χ4n) is 4.94. The molecule has 0 saturated heterocycles. The molecule has 0 amide bonds. The summed E-state index contributed by atoms with van der Waals surface area (Å²) < 4.78 is 27.7. The van der Waals surface area contributed by atoms with Gasteiger partial charge in [-0.05, 0) is 103 Å². The highest BCUT2D eigenvalue weighted by Crippen LogP contribution is 2.39. The summed E-state index contributed by atoms with van der Waals surface area (Å²) in [7, 11) is 0. The van der Waals surface area contributed by atoms with Crippen LogP contribution in [0.25, 0.3) is 0 Å². The third-order valence-electron chi connectivity index (χ3n) is 6.40. The molecule has 0 nitrogen and oxygen atoms in total. The van der Waals surface area contributed by atoms with E-state index in [1.807, 2.05) is 6.08 Å². The van der Waals surface area contributed by atoms with Crippen LogP contribution >= 0.6 is 11.6 Å². The number of hydrogen-bond acceptors (Lipinski definition) is 0. The highest BCUT2D eigenvalue weighted by molar-refractivity contribution is 6.30. The SMILES string of the molecule is C=CCC[C@H]1CCc2c(ccc3c2CC[C@H](c2cc(F)c(Cl)c(F)c2)C3)C1. The molecule has 0 bridgehead atoms. The second-order valence-electron chi connectivity index (χ2n) is 8.05. The average molecular weight is 387 g/mol. The normalized spacial score (nSPS) is 21.4. The van der Waals surface area contributed by atoms with Gasteiger partial charge in [-0.2, -0.15) is 0 Å². The molecule has 0 radical (unpaired) electrons. The van der Waals surface area contributed by atoms with Crippen molar-refractivity contribution in [2.75, 3.05) is 0 Å². The zero-order chi connectivity index (χ0) is 19.0. The molecule has 0 unspecified atom stereocenters. The molecule has 0 aromatic heterocycles. The van der Waals surface area contributed by atoms with Gasteiger partial charge in [0.25, 0.3) is 0 Å². The lowest BCUT2D eigenvalue weighted by atomic mass is 9.73. The Morgan fingerprint density at radius 3 is 2.30 bits per heavy atom. The largest absolute Gasteiger partial charge is 0.205 e. The number of fused-ring (bicyclic) bond motifs is 3. The van der Waals surface area contributed by atoms with Gasteiger partial charge in [-0.3, -0.25) is 0 Å². The van der Waals surface area contributed by atoms with Crippen molar-refractivity contribution < 1.29 is 8.78 Å². The molecule has 2 aliphatic rings. The van der Waals surface area contributed by atoms with Gasteiger partial charge in [0.15, 0.2) is 0 Å². The van der Waals surface area contributed by atoms with Gasteiger partial charge in [0, 0.05) is 0 Å². The highest BCUT2D eigenvalue weighted by atomic mass is 35.5. The van der Waals surface area contributed by atoms with Gasteiger partial charge in [-0.1, -0.05) is 29.8 Å². The first-order chi connectivity index (χ1) is 13.1. The molecule has 2 aliphatic carbocycles. The molecule has 4 rings (SSSR count). The van der Waals surface area contributed by atoms with E-state index in [4.69, 9.17) is 11.6 Å². The molecule has 0 N–H and O–H groups in total. The molecule has 0 spiro atoms. The lowest BCUT2D eigenvalue weighted by Crippen LogP contribution is -2.20. The number of allylic oxidation sites excluding steroid dienone is 1. The Bertz CT molecular complexity index is 848. The Labute approximate surface area is 165 Å². The van der Waals surface area contributed by atoms with Crippen molar-refractivity contribution >= 4 is 11.6 Å². The molecule has 3 heteroatoms. The van der Waals surface area contributed by atoms with Crippen LogP contribution in [0, 0.1) is 17.6 Å². The van der Waals surface area contributed by atoms with E-state index in [9.17, 15) is 8.78 Å². The molecule has 0 aliphatic heterocycles. The summed E-state index contributed by atoms with van der Waals surface area (Å²) in [6, 6.07) is 7.35. The van der Waals surface area contributed by atoms with Crippen LogP contribution < -0.4 is 0 Å². The number of benzene rings is 2. The van der Waals surface area contributed by atoms with Crippen molar-refractivity contribution in [3.05, 3.63) is 81.4 Å². The van der Waals surface area contributed by atoms with Gasteiger partial charge in [0.05, 0.1) is 0 Å². The minimum absolute atomic E-state index is 0.153. The Hall–Kier alpha value is -1.67. The average Bonchev–Trinajstić information content (AvgIpc) is 2.69. The van der Waals surface area contributed by atoms with E-state index >= 15 is 0 Å². The van der Waals surface area contributed by atoms with Crippen molar-refractivity contribution in [3.63, 3.8) is 0 Å². The van der Waals surface area contributed by atoms with Crippen LogP contribution in [-0.2, 0) is 25.7 Å². The smallest absolute Gasteiger partial charge is 0.145 e. The number of hydrogen-bond donors (Lipinski definition) is 0. The summed E-state index contributed by atoms with van der Waals surface area (Å²) in [5.41, 5.74) is 6.64. The minimum atomic E-state index is -0.659. The van der Waals surface area contributed by atoms with E-state index in [2.05, 4.69) is 18.7 Å². The van der Waals surface area contributed by atoms with Crippen LogP contribution in [0.2, 0.25) is 5.02 Å². The first-order valence-corrected chi connectivity index (χ1v) is 10.3. The van der Waals surface area contributed by atoms with E-state index < -0.39 is 16.7 Å². The molecule has 0 fully saturated rings. The monoisotopic (exact) mass is 386 g/mol. The van der Waals surface area contributed by atoms with Crippen molar-refractivity contribution in [2.24, 2.45) is 5.92 Å². The maximum atomic E-state index is 13.9. The Balaban J connectivity index is 1.56. The van der Waals surface area contributed by atoms with Crippen LogP contribution in [0.1, 0.15) is 59.4 Å². The summed E-state index contributed by atoms with van der Waals surface area (Å²) in [6.07, 6.45) is 10.7. The maximum Gasteiger partial charge on any atom is 0.145 e. The van der Waals surface area contributed by atoms with Crippen LogP contribution in [0.4, 0.5) is 8.78 Å². The van der Waals surface area contributed by atoms with Crippen molar-refractivity contribution in [1.82, 2.24) is 0 Å². The summed E-state index contributed by atoms with van der Waals surface area (Å²) >= 11 is 5.64. The maximum absolute atomic E-state index is 13.9. The molecule has 27 heavy (non-hydrogen) atoms. The number of rotatable bonds is 4. The fraction of sp³-hybridized carbons (Fsp3) is 0.417. The Morgan fingerprint density at radius 2 is 1.63 bits per heavy atom. The zero-order valence-corrected chi connectivity index (χ0v) is 16.3. The predicted molar refractivity (Wildman–Crippen MR) is 108 cm³/mol. The quantitative estimate of drug-likeness (QED) is 0.393. The van der Waals surface area contributed by atoms with Crippen LogP contribution in [0.3, 0.4) is 0 Å². The Kier molecular flexibility index (Phi) is 5.36.